The molecule has 2 aromatic rings. The maximum absolute atomic E-state index is 11.5. The van der Waals surface area contributed by atoms with Gasteiger partial charge in [0.1, 0.15) is 0 Å². The summed E-state index contributed by atoms with van der Waals surface area (Å²) in [7, 11) is 0. The topological polar surface area (TPSA) is 73.8 Å². The maximum atomic E-state index is 11.5. The molecule has 0 aliphatic heterocycles. The molecular weight excluding hydrogens is 180 g/mol. The van der Waals surface area contributed by atoms with E-state index in [1.165, 1.54) is 4.57 Å². The summed E-state index contributed by atoms with van der Waals surface area (Å²) in [6.45, 7) is 0. The number of nitrogen functional groups attached to an aromatic ring is 1. The Hall–Kier alpha value is -2.17. The molecule has 0 saturated carbocycles. The van der Waals surface area contributed by atoms with E-state index in [4.69, 9.17) is 5.73 Å². The van der Waals surface area contributed by atoms with Gasteiger partial charge in [-0.05, 0) is 24.3 Å². The minimum Gasteiger partial charge on any atom is -0.394 e. The van der Waals surface area contributed by atoms with Gasteiger partial charge in [0.15, 0.2) is 5.82 Å². The first-order chi connectivity index (χ1) is 6.79. The van der Waals surface area contributed by atoms with Gasteiger partial charge in [0.05, 0.1) is 5.69 Å². The van der Waals surface area contributed by atoms with Crippen LogP contribution >= 0.6 is 0 Å². The van der Waals surface area contributed by atoms with Crippen LogP contribution in [0.1, 0.15) is 0 Å². The molecular formula is C9H8N4O. The molecule has 0 saturated heterocycles. The second-order valence-corrected chi connectivity index (χ2v) is 2.72. The van der Waals surface area contributed by atoms with Crippen molar-refractivity contribution in [1.29, 1.82) is 0 Å². The van der Waals surface area contributed by atoms with Gasteiger partial charge < -0.3 is 5.73 Å². The first-order valence-corrected chi connectivity index (χ1v) is 4.04. The lowest BCUT2D eigenvalue weighted by atomic mass is 10.4. The van der Waals surface area contributed by atoms with Crippen LogP contribution < -0.4 is 11.3 Å². The summed E-state index contributed by atoms with van der Waals surface area (Å²) < 4.78 is 1.35. The van der Waals surface area contributed by atoms with E-state index in [-0.39, 0.29) is 11.2 Å². The van der Waals surface area contributed by atoms with E-state index < -0.39 is 0 Å². The van der Waals surface area contributed by atoms with E-state index in [9.17, 15) is 4.79 Å². The molecule has 0 aromatic carbocycles. The molecule has 2 rings (SSSR count). The molecule has 0 bridgehead atoms. The van der Waals surface area contributed by atoms with Crippen molar-refractivity contribution in [2.75, 3.05) is 5.73 Å². The molecule has 0 radical (unpaired) electrons. The normalized spacial score (nSPS) is 10.0. The Labute approximate surface area is 79.8 Å². The Bertz CT molecular complexity index is 492. The standard InChI is InChI=1S/C9H8N4O/c10-7-3-2-6-13(9(7)14)8-4-1-5-11-12-8/h1-6H,10H2. The average molecular weight is 188 g/mol. The van der Waals surface area contributed by atoms with E-state index in [0.29, 0.717) is 5.82 Å². The van der Waals surface area contributed by atoms with Crippen molar-refractivity contribution >= 4 is 5.69 Å². The number of aromatic nitrogens is 3. The zero-order chi connectivity index (χ0) is 9.97. The Morgan fingerprint density at radius 3 is 2.86 bits per heavy atom. The zero-order valence-electron chi connectivity index (χ0n) is 7.29. The quantitative estimate of drug-likeness (QED) is 0.694. The second-order valence-electron chi connectivity index (χ2n) is 2.72. The molecule has 2 aromatic heterocycles. The molecule has 0 fully saturated rings. The fourth-order valence-corrected chi connectivity index (χ4v) is 1.11. The van der Waals surface area contributed by atoms with Gasteiger partial charge >= 0.3 is 0 Å². The van der Waals surface area contributed by atoms with Crippen molar-refractivity contribution in [1.82, 2.24) is 14.8 Å². The highest BCUT2D eigenvalue weighted by Gasteiger charge is 2.01. The molecule has 0 atom stereocenters. The van der Waals surface area contributed by atoms with Crippen LogP contribution in [0.4, 0.5) is 5.69 Å². The average Bonchev–Trinajstić information content (AvgIpc) is 2.23. The first kappa shape index (κ1) is 8.43. The van der Waals surface area contributed by atoms with Crippen LogP contribution in [0.2, 0.25) is 0 Å². The van der Waals surface area contributed by atoms with Crippen LogP contribution in [-0.4, -0.2) is 14.8 Å². The Balaban J connectivity index is 2.64. The van der Waals surface area contributed by atoms with Crippen molar-refractivity contribution < 1.29 is 0 Å². The van der Waals surface area contributed by atoms with Gasteiger partial charge in [0, 0.05) is 12.4 Å². The monoisotopic (exact) mass is 188 g/mol. The van der Waals surface area contributed by atoms with Crippen molar-refractivity contribution in [2.45, 2.75) is 0 Å². The van der Waals surface area contributed by atoms with Gasteiger partial charge in [-0.25, -0.2) is 0 Å². The molecule has 0 amide bonds. The Kier molecular flexibility index (Phi) is 1.98. The molecule has 0 unspecified atom stereocenters. The summed E-state index contributed by atoms with van der Waals surface area (Å²) in [6.07, 6.45) is 3.14. The third-order valence-electron chi connectivity index (χ3n) is 1.78. The number of nitrogens with two attached hydrogens (primary N) is 1. The van der Waals surface area contributed by atoms with Gasteiger partial charge in [-0.3, -0.25) is 9.36 Å². The molecule has 0 aliphatic rings. The number of rotatable bonds is 1. The summed E-state index contributed by atoms with van der Waals surface area (Å²) in [6, 6.07) is 6.63. The summed E-state index contributed by atoms with van der Waals surface area (Å²) in [5.74, 6) is 0.463. The minimum absolute atomic E-state index is 0.193. The number of pyridine rings is 1. The summed E-state index contributed by atoms with van der Waals surface area (Å²) in [4.78, 5) is 11.5. The minimum atomic E-state index is -0.284. The van der Waals surface area contributed by atoms with Crippen molar-refractivity contribution in [2.24, 2.45) is 0 Å². The first-order valence-electron chi connectivity index (χ1n) is 4.04. The second kappa shape index (κ2) is 3.29. The zero-order valence-corrected chi connectivity index (χ0v) is 7.29. The van der Waals surface area contributed by atoms with Crippen LogP contribution in [0.5, 0.6) is 0 Å². The molecule has 0 spiro atoms. The van der Waals surface area contributed by atoms with Crippen LogP contribution in [-0.2, 0) is 0 Å². The highest BCUT2D eigenvalue weighted by Crippen LogP contribution is 1.99. The van der Waals surface area contributed by atoms with E-state index >= 15 is 0 Å². The van der Waals surface area contributed by atoms with Gasteiger partial charge in [-0.2, -0.15) is 5.10 Å². The number of hydrogen-bond acceptors (Lipinski definition) is 4. The van der Waals surface area contributed by atoms with Crippen molar-refractivity contribution in [3.63, 3.8) is 0 Å². The predicted octanol–water partition coefficient (Wildman–Crippen LogP) is 0.210. The molecule has 2 heterocycles. The van der Waals surface area contributed by atoms with E-state index in [2.05, 4.69) is 10.2 Å². The molecule has 2 N–H and O–H groups in total. The van der Waals surface area contributed by atoms with E-state index in [0.717, 1.165) is 0 Å². The summed E-state index contributed by atoms with van der Waals surface area (Å²) in [5.41, 5.74) is 5.38. The van der Waals surface area contributed by atoms with Crippen LogP contribution in [0.25, 0.3) is 5.82 Å². The lowest BCUT2D eigenvalue weighted by Gasteiger charge is -2.02. The number of nitrogens with zero attached hydrogens (tertiary/aromatic N) is 3. The summed E-state index contributed by atoms with van der Waals surface area (Å²) in [5, 5.41) is 7.49. The van der Waals surface area contributed by atoms with E-state index in [1.807, 2.05) is 0 Å². The SMILES string of the molecule is Nc1cccn(-c2cccnn2)c1=O. The number of anilines is 1. The molecule has 5 nitrogen and oxygen atoms in total. The van der Waals surface area contributed by atoms with E-state index in [1.54, 1.807) is 36.7 Å². The number of hydrogen-bond donors (Lipinski definition) is 1. The third-order valence-corrected chi connectivity index (χ3v) is 1.78. The lowest BCUT2D eigenvalue weighted by molar-refractivity contribution is 0.884. The van der Waals surface area contributed by atoms with Gasteiger partial charge in [-0.1, -0.05) is 0 Å². The molecule has 0 aliphatic carbocycles. The largest absolute Gasteiger partial charge is 0.394 e. The van der Waals surface area contributed by atoms with Crippen LogP contribution in [0, 0.1) is 0 Å². The van der Waals surface area contributed by atoms with Crippen molar-refractivity contribution in [3.05, 3.63) is 47.0 Å². The van der Waals surface area contributed by atoms with Crippen molar-refractivity contribution in [3.8, 4) is 5.82 Å². The summed E-state index contributed by atoms with van der Waals surface area (Å²) >= 11 is 0. The lowest BCUT2D eigenvalue weighted by Crippen LogP contribution is -2.21. The molecule has 14 heavy (non-hydrogen) atoms. The van der Waals surface area contributed by atoms with Crippen LogP contribution in [0.15, 0.2) is 41.5 Å². The van der Waals surface area contributed by atoms with Gasteiger partial charge in [-0.15, -0.1) is 5.10 Å². The van der Waals surface area contributed by atoms with Gasteiger partial charge in [0.2, 0.25) is 0 Å². The smallest absolute Gasteiger partial charge is 0.279 e. The third kappa shape index (κ3) is 1.35. The highest BCUT2D eigenvalue weighted by atomic mass is 16.1. The Morgan fingerprint density at radius 2 is 2.14 bits per heavy atom. The Morgan fingerprint density at radius 1 is 1.29 bits per heavy atom. The van der Waals surface area contributed by atoms with Crippen LogP contribution in [0.3, 0.4) is 0 Å². The fourth-order valence-electron chi connectivity index (χ4n) is 1.11. The highest BCUT2D eigenvalue weighted by molar-refractivity contribution is 5.37. The molecule has 70 valence electrons. The molecule has 5 heteroatoms. The predicted molar refractivity (Wildman–Crippen MR) is 52.0 cm³/mol. The fraction of sp³-hybridized carbons (Fsp3) is 0. The van der Waals surface area contributed by atoms with Gasteiger partial charge in [0.25, 0.3) is 5.56 Å². The maximum Gasteiger partial charge on any atom is 0.279 e.